The number of nitrogens with zero attached hydrogens (tertiary/aromatic N) is 2. The first-order valence-corrected chi connectivity index (χ1v) is 7.50. The molecule has 114 valence electrons. The topological polar surface area (TPSA) is 60.4 Å². The Bertz CT molecular complexity index is 930. The summed E-state index contributed by atoms with van der Waals surface area (Å²) in [6, 6.07) is 2.40. The van der Waals surface area contributed by atoms with Crippen molar-refractivity contribution in [1.82, 2.24) is 9.38 Å². The van der Waals surface area contributed by atoms with Crippen LogP contribution in [0.4, 0.5) is 8.78 Å². The van der Waals surface area contributed by atoms with E-state index >= 15 is 0 Å². The van der Waals surface area contributed by atoms with Gasteiger partial charge in [-0.3, -0.25) is 9.20 Å². The zero-order valence-corrected chi connectivity index (χ0v) is 12.7. The largest absolute Gasteiger partial charge is 0.323 e. The van der Waals surface area contributed by atoms with Gasteiger partial charge in [-0.15, -0.1) is 11.3 Å². The molecular weight excluding hydrogens is 308 g/mol. The Kier molecular flexibility index (Phi) is 3.54. The van der Waals surface area contributed by atoms with Crippen LogP contribution in [0, 0.1) is 18.6 Å². The molecule has 4 nitrogen and oxygen atoms in total. The highest BCUT2D eigenvalue weighted by atomic mass is 32.1. The molecule has 0 fully saturated rings. The van der Waals surface area contributed by atoms with Gasteiger partial charge in [0.25, 0.3) is 5.56 Å². The number of halogens is 2. The van der Waals surface area contributed by atoms with E-state index in [1.54, 1.807) is 19.2 Å². The van der Waals surface area contributed by atoms with Gasteiger partial charge in [0.05, 0.1) is 11.3 Å². The predicted octanol–water partition coefficient (Wildman–Crippen LogP) is 3.03. The first-order valence-electron chi connectivity index (χ1n) is 6.62. The van der Waals surface area contributed by atoms with Crippen LogP contribution < -0.4 is 11.3 Å². The average Bonchev–Trinajstić information content (AvgIpc) is 2.83. The number of hydrogen-bond donors (Lipinski definition) is 1. The summed E-state index contributed by atoms with van der Waals surface area (Å²) in [5.74, 6) is -1.31. The lowest BCUT2D eigenvalue weighted by atomic mass is 10.0. The monoisotopic (exact) mass is 321 g/mol. The maximum absolute atomic E-state index is 14.1. The summed E-state index contributed by atoms with van der Waals surface area (Å²) >= 11 is 1.30. The van der Waals surface area contributed by atoms with Crippen molar-refractivity contribution >= 4 is 16.3 Å². The normalized spacial score (nSPS) is 12.8. The van der Waals surface area contributed by atoms with Gasteiger partial charge in [0, 0.05) is 22.7 Å². The van der Waals surface area contributed by atoms with Gasteiger partial charge in [0.1, 0.15) is 11.6 Å². The Balaban J connectivity index is 2.48. The van der Waals surface area contributed by atoms with E-state index in [9.17, 15) is 13.6 Å². The zero-order chi connectivity index (χ0) is 16.0. The molecule has 0 bridgehead atoms. The third-order valence-corrected chi connectivity index (χ3v) is 4.34. The SMILES string of the molecule is Cc1csc2nc(C(C)N)c(-c3cc(F)ccc3F)c(=O)n12. The highest BCUT2D eigenvalue weighted by Crippen LogP contribution is 2.27. The molecule has 0 saturated heterocycles. The molecule has 22 heavy (non-hydrogen) atoms. The molecule has 2 N–H and O–H groups in total. The average molecular weight is 321 g/mol. The fourth-order valence-electron chi connectivity index (χ4n) is 2.37. The van der Waals surface area contributed by atoms with E-state index in [4.69, 9.17) is 5.73 Å². The summed E-state index contributed by atoms with van der Waals surface area (Å²) in [5.41, 5.74) is 6.27. The Morgan fingerprint density at radius 1 is 1.36 bits per heavy atom. The van der Waals surface area contributed by atoms with Crippen LogP contribution in [-0.4, -0.2) is 9.38 Å². The molecule has 0 radical (unpaired) electrons. The van der Waals surface area contributed by atoms with Gasteiger partial charge in [-0.05, 0) is 32.0 Å². The maximum atomic E-state index is 14.1. The van der Waals surface area contributed by atoms with E-state index < -0.39 is 23.2 Å². The van der Waals surface area contributed by atoms with Gasteiger partial charge in [-0.25, -0.2) is 13.8 Å². The van der Waals surface area contributed by atoms with Gasteiger partial charge in [-0.2, -0.15) is 0 Å². The van der Waals surface area contributed by atoms with Crippen molar-refractivity contribution < 1.29 is 8.78 Å². The maximum Gasteiger partial charge on any atom is 0.267 e. The summed E-state index contributed by atoms with van der Waals surface area (Å²) in [5, 5.41) is 1.78. The van der Waals surface area contributed by atoms with Gasteiger partial charge < -0.3 is 5.73 Å². The van der Waals surface area contributed by atoms with Crippen molar-refractivity contribution in [2.24, 2.45) is 5.73 Å². The van der Waals surface area contributed by atoms with Crippen molar-refractivity contribution in [3.63, 3.8) is 0 Å². The molecule has 0 aliphatic rings. The molecule has 3 aromatic rings. The Labute approximate surface area is 128 Å². The summed E-state index contributed by atoms with van der Waals surface area (Å²) < 4.78 is 29.0. The molecule has 7 heteroatoms. The highest BCUT2D eigenvalue weighted by molar-refractivity contribution is 7.15. The van der Waals surface area contributed by atoms with Crippen molar-refractivity contribution in [2.45, 2.75) is 19.9 Å². The molecule has 2 heterocycles. The third-order valence-electron chi connectivity index (χ3n) is 3.40. The standard InChI is InChI=1S/C15H13F2N3OS/c1-7-6-22-15-19-13(8(2)18)12(14(21)20(7)15)10-5-9(16)3-4-11(10)17/h3-6,8H,18H2,1-2H3. The molecule has 2 aromatic heterocycles. The zero-order valence-electron chi connectivity index (χ0n) is 11.9. The quantitative estimate of drug-likeness (QED) is 0.789. The minimum atomic E-state index is -0.685. The van der Waals surface area contributed by atoms with Crippen LogP contribution in [0.5, 0.6) is 0 Å². The van der Waals surface area contributed by atoms with Crippen LogP contribution in [0.3, 0.4) is 0 Å². The number of rotatable bonds is 2. The minimum absolute atomic E-state index is 0.00556. The van der Waals surface area contributed by atoms with E-state index in [0.29, 0.717) is 10.7 Å². The molecule has 0 aliphatic heterocycles. The van der Waals surface area contributed by atoms with Crippen LogP contribution in [0.15, 0.2) is 28.4 Å². The number of nitrogens with two attached hydrogens (primary N) is 1. The summed E-state index contributed by atoms with van der Waals surface area (Å²) in [7, 11) is 0. The lowest BCUT2D eigenvalue weighted by molar-refractivity contribution is 0.602. The van der Waals surface area contributed by atoms with E-state index in [1.807, 2.05) is 0 Å². The van der Waals surface area contributed by atoms with Crippen molar-refractivity contribution in [2.75, 3.05) is 0 Å². The molecular formula is C15H13F2N3OS. The first-order chi connectivity index (χ1) is 10.4. The van der Waals surface area contributed by atoms with Gasteiger partial charge >= 0.3 is 0 Å². The second kappa shape index (κ2) is 5.26. The van der Waals surface area contributed by atoms with Gasteiger partial charge in [-0.1, -0.05) is 0 Å². The van der Waals surface area contributed by atoms with Crippen LogP contribution in [0.2, 0.25) is 0 Å². The summed E-state index contributed by atoms with van der Waals surface area (Å²) in [6.07, 6.45) is 0. The molecule has 1 atom stereocenters. The Morgan fingerprint density at radius 2 is 2.09 bits per heavy atom. The van der Waals surface area contributed by atoms with E-state index in [-0.39, 0.29) is 16.8 Å². The number of aryl methyl sites for hydroxylation is 1. The van der Waals surface area contributed by atoms with E-state index in [1.165, 1.54) is 15.7 Å². The summed E-state index contributed by atoms with van der Waals surface area (Å²) in [4.78, 5) is 17.6. The minimum Gasteiger partial charge on any atom is -0.323 e. The van der Waals surface area contributed by atoms with Crippen LogP contribution in [-0.2, 0) is 0 Å². The fraction of sp³-hybridized carbons (Fsp3) is 0.200. The van der Waals surface area contributed by atoms with Crippen molar-refractivity contribution in [1.29, 1.82) is 0 Å². The van der Waals surface area contributed by atoms with Crippen molar-refractivity contribution in [3.05, 3.63) is 57.0 Å². The lowest BCUT2D eigenvalue weighted by Crippen LogP contribution is -2.23. The van der Waals surface area contributed by atoms with Crippen LogP contribution in [0.1, 0.15) is 24.4 Å². The van der Waals surface area contributed by atoms with Crippen molar-refractivity contribution in [3.8, 4) is 11.1 Å². The van der Waals surface area contributed by atoms with Crippen LogP contribution in [0.25, 0.3) is 16.1 Å². The Morgan fingerprint density at radius 3 is 2.77 bits per heavy atom. The third kappa shape index (κ3) is 2.22. The second-order valence-corrected chi connectivity index (χ2v) is 5.92. The number of fused-ring (bicyclic) bond motifs is 1. The first kappa shape index (κ1) is 14.8. The van der Waals surface area contributed by atoms with Crippen LogP contribution >= 0.6 is 11.3 Å². The number of thiazole rings is 1. The molecule has 1 unspecified atom stereocenters. The second-order valence-electron chi connectivity index (χ2n) is 5.09. The fourth-order valence-corrected chi connectivity index (χ4v) is 3.23. The predicted molar refractivity (Wildman–Crippen MR) is 82.0 cm³/mol. The number of hydrogen-bond acceptors (Lipinski definition) is 4. The number of aromatic nitrogens is 2. The highest BCUT2D eigenvalue weighted by Gasteiger charge is 2.21. The molecule has 1 aromatic carbocycles. The lowest BCUT2D eigenvalue weighted by Gasteiger charge is -2.13. The van der Waals surface area contributed by atoms with E-state index in [0.717, 1.165) is 18.2 Å². The smallest absolute Gasteiger partial charge is 0.267 e. The van der Waals surface area contributed by atoms with E-state index in [2.05, 4.69) is 4.98 Å². The molecule has 0 spiro atoms. The number of benzene rings is 1. The van der Waals surface area contributed by atoms with Gasteiger partial charge in [0.2, 0.25) is 0 Å². The molecule has 0 amide bonds. The Hall–Kier alpha value is -2.12. The molecule has 0 saturated carbocycles. The molecule has 0 aliphatic carbocycles. The van der Waals surface area contributed by atoms with Gasteiger partial charge in [0.15, 0.2) is 4.96 Å². The summed E-state index contributed by atoms with van der Waals surface area (Å²) in [6.45, 7) is 3.41. The molecule has 3 rings (SSSR count).